The zero-order valence-corrected chi connectivity index (χ0v) is 14.1. The van der Waals surface area contributed by atoms with Crippen molar-refractivity contribution >= 4 is 0 Å². The summed E-state index contributed by atoms with van der Waals surface area (Å²) >= 11 is 0. The summed E-state index contributed by atoms with van der Waals surface area (Å²) in [5.41, 5.74) is 1.54. The first-order valence-electron chi connectivity index (χ1n) is 8.38. The fourth-order valence-corrected chi connectivity index (χ4v) is 3.66. The molecule has 0 saturated heterocycles. The molecule has 1 aliphatic rings. The van der Waals surface area contributed by atoms with E-state index in [0.717, 1.165) is 18.8 Å². The van der Waals surface area contributed by atoms with Crippen LogP contribution in [-0.2, 0) is 6.54 Å². The number of nitrogens with one attached hydrogen (secondary N) is 1. The van der Waals surface area contributed by atoms with Crippen LogP contribution in [0.5, 0.6) is 0 Å². The molecule has 1 saturated carbocycles. The molecule has 1 heterocycles. The molecule has 0 aliphatic heterocycles. The van der Waals surface area contributed by atoms with E-state index in [9.17, 15) is 0 Å². The monoisotopic (exact) mass is 289 g/mol. The SMILES string of the molecule is CCCNC1C(N(C)Cc2ccccn2)CCCC1(C)C. The van der Waals surface area contributed by atoms with Gasteiger partial charge >= 0.3 is 0 Å². The molecule has 1 N–H and O–H groups in total. The number of pyridine rings is 1. The number of hydrogen-bond donors (Lipinski definition) is 1. The van der Waals surface area contributed by atoms with Gasteiger partial charge in [0.05, 0.1) is 5.69 Å². The smallest absolute Gasteiger partial charge is 0.0543 e. The molecule has 0 bridgehead atoms. The predicted molar refractivity (Wildman–Crippen MR) is 89.2 cm³/mol. The highest BCUT2D eigenvalue weighted by Gasteiger charge is 2.40. The second-order valence-electron chi connectivity index (χ2n) is 7.12. The van der Waals surface area contributed by atoms with E-state index in [4.69, 9.17) is 0 Å². The molecule has 2 atom stereocenters. The lowest BCUT2D eigenvalue weighted by Gasteiger charge is -2.48. The summed E-state index contributed by atoms with van der Waals surface area (Å²) < 4.78 is 0. The third-order valence-electron chi connectivity index (χ3n) is 4.87. The molecule has 0 amide bonds. The molecule has 1 aliphatic carbocycles. The van der Waals surface area contributed by atoms with Crippen LogP contribution in [0.15, 0.2) is 24.4 Å². The molecule has 1 aromatic heterocycles. The van der Waals surface area contributed by atoms with E-state index in [1.54, 1.807) is 0 Å². The van der Waals surface area contributed by atoms with E-state index < -0.39 is 0 Å². The molecule has 1 fully saturated rings. The number of aromatic nitrogens is 1. The van der Waals surface area contributed by atoms with Crippen molar-refractivity contribution in [1.29, 1.82) is 0 Å². The Morgan fingerprint density at radius 2 is 2.19 bits per heavy atom. The molecule has 2 rings (SSSR count). The maximum absolute atomic E-state index is 4.48. The van der Waals surface area contributed by atoms with Crippen LogP contribution in [0, 0.1) is 5.41 Å². The van der Waals surface area contributed by atoms with Gasteiger partial charge in [0.25, 0.3) is 0 Å². The Labute approximate surface area is 130 Å². The van der Waals surface area contributed by atoms with E-state index in [0.29, 0.717) is 17.5 Å². The zero-order valence-electron chi connectivity index (χ0n) is 14.1. The van der Waals surface area contributed by atoms with Crippen LogP contribution in [0.2, 0.25) is 0 Å². The highest BCUT2D eigenvalue weighted by atomic mass is 15.2. The molecule has 118 valence electrons. The summed E-state index contributed by atoms with van der Waals surface area (Å²) in [6.45, 7) is 9.13. The lowest BCUT2D eigenvalue weighted by atomic mass is 9.70. The molecule has 0 radical (unpaired) electrons. The molecule has 3 nitrogen and oxygen atoms in total. The third kappa shape index (κ3) is 4.27. The largest absolute Gasteiger partial charge is 0.312 e. The molecule has 2 unspecified atom stereocenters. The fourth-order valence-electron chi connectivity index (χ4n) is 3.66. The summed E-state index contributed by atoms with van der Waals surface area (Å²) in [6.07, 6.45) is 7.02. The quantitative estimate of drug-likeness (QED) is 0.869. The van der Waals surface area contributed by atoms with Crippen LogP contribution in [0.1, 0.15) is 52.1 Å². The van der Waals surface area contributed by atoms with Crippen molar-refractivity contribution in [3.05, 3.63) is 30.1 Å². The van der Waals surface area contributed by atoms with E-state index in [1.807, 2.05) is 12.3 Å². The summed E-state index contributed by atoms with van der Waals surface area (Å²) in [6, 6.07) is 7.35. The van der Waals surface area contributed by atoms with Gasteiger partial charge < -0.3 is 5.32 Å². The number of rotatable bonds is 6. The van der Waals surface area contributed by atoms with Crippen LogP contribution >= 0.6 is 0 Å². The zero-order chi connectivity index (χ0) is 15.3. The molecular weight excluding hydrogens is 258 g/mol. The first kappa shape index (κ1) is 16.4. The van der Waals surface area contributed by atoms with Crippen LogP contribution in [0.25, 0.3) is 0 Å². The van der Waals surface area contributed by atoms with Crippen LogP contribution in [0.3, 0.4) is 0 Å². The van der Waals surface area contributed by atoms with E-state index in [2.05, 4.69) is 55.2 Å². The van der Waals surface area contributed by atoms with Crippen LogP contribution in [0.4, 0.5) is 0 Å². The van der Waals surface area contributed by atoms with Gasteiger partial charge in [0.2, 0.25) is 0 Å². The van der Waals surface area contributed by atoms with Gasteiger partial charge in [-0.15, -0.1) is 0 Å². The summed E-state index contributed by atoms with van der Waals surface area (Å²) in [4.78, 5) is 6.97. The Kier molecular flexibility index (Phi) is 5.77. The standard InChI is InChI=1S/C18H31N3/c1-5-12-20-17-16(10-8-11-18(17,2)3)21(4)14-15-9-6-7-13-19-15/h6-7,9,13,16-17,20H,5,8,10-12,14H2,1-4H3. The first-order chi connectivity index (χ1) is 10.0. The Balaban J connectivity index is 2.06. The van der Waals surface area contributed by atoms with Gasteiger partial charge in [-0.3, -0.25) is 9.88 Å². The molecule has 1 aromatic rings. The minimum Gasteiger partial charge on any atom is -0.312 e. The van der Waals surface area contributed by atoms with Crippen molar-refractivity contribution in [3.63, 3.8) is 0 Å². The van der Waals surface area contributed by atoms with Crippen molar-refractivity contribution in [3.8, 4) is 0 Å². The van der Waals surface area contributed by atoms with Crippen molar-refractivity contribution < 1.29 is 0 Å². The highest BCUT2D eigenvalue weighted by molar-refractivity contribution is 5.05. The topological polar surface area (TPSA) is 28.2 Å². The maximum atomic E-state index is 4.48. The predicted octanol–water partition coefficient (Wildman–Crippen LogP) is 3.46. The first-order valence-corrected chi connectivity index (χ1v) is 8.38. The number of hydrogen-bond acceptors (Lipinski definition) is 3. The normalized spacial score (nSPS) is 25.2. The molecule has 3 heteroatoms. The Morgan fingerprint density at radius 3 is 2.86 bits per heavy atom. The van der Waals surface area contributed by atoms with Gasteiger partial charge in [0.15, 0.2) is 0 Å². The van der Waals surface area contributed by atoms with E-state index in [-0.39, 0.29) is 0 Å². The molecule has 21 heavy (non-hydrogen) atoms. The minimum absolute atomic E-state index is 0.371. The molecule has 0 spiro atoms. The van der Waals surface area contributed by atoms with Gasteiger partial charge in [-0.25, -0.2) is 0 Å². The fraction of sp³-hybridized carbons (Fsp3) is 0.722. The highest BCUT2D eigenvalue weighted by Crippen LogP contribution is 2.37. The van der Waals surface area contributed by atoms with Gasteiger partial charge in [-0.1, -0.05) is 33.3 Å². The van der Waals surface area contributed by atoms with Crippen molar-refractivity contribution in [2.45, 2.75) is 65.1 Å². The lowest BCUT2D eigenvalue weighted by molar-refractivity contribution is 0.0583. The third-order valence-corrected chi connectivity index (χ3v) is 4.87. The number of nitrogens with zero attached hydrogens (tertiary/aromatic N) is 2. The van der Waals surface area contributed by atoms with Crippen molar-refractivity contribution in [2.75, 3.05) is 13.6 Å². The van der Waals surface area contributed by atoms with Gasteiger partial charge in [-0.05, 0) is 50.4 Å². The van der Waals surface area contributed by atoms with Gasteiger partial charge in [-0.2, -0.15) is 0 Å². The average Bonchev–Trinajstić information content (AvgIpc) is 2.46. The van der Waals surface area contributed by atoms with E-state index >= 15 is 0 Å². The second-order valence-corrected chi connectivity index (χ2v) is 7.12. The minimum atomic E-state index is 0.371. The number of likely N-dealkylation sites (N-methyl/N-ethyl adjacent to an activating group) is 1. The van der Waals surface area contributed by atoms with Gasteiger partial charge in [0.1, 0.15) is 0 Å². The summed E-state index contributed by atoms with van der Waals surface area (Å²) in [5, 5.41) is 3.82. The van der Waals surface area contributed by atoms with Crippen LogP contribution in [-0.4, -0.2) is 35.6 Å². The van der Waals surface area contributed by atoms with Crippen molar-refractivity contribution in [1.82, 2.24) is 15.2 Å². The Bertz CT molecular complexity index is 416. The average molecular weight is 289 g/mol. The summed E-state index contributed by atoms with van der Waals surface area (Å²) in [5.74, 6) is 0. The van der Waals surface area contributed by atoms with Crippen LogP contribution < -0.4 is 5.32 Å². The summed E-state index contributed by atoms with van der Waals surface area (Å²) in [7, 11) is 2.25. The van der Waals surface area contributed by atoms with Crippen molar-refractivity contribution in [2.24, 2.45) is 5.41 Å². The Morgan fingerprint density at radius 1 is 1.38 bits per heavy atom. The maximum Gasteiger partial charge on any atom is 0.0543 e. The second kappa shape index (κ2) is 7.37. The Hall–Kier alpha value is -0.930. The van der Waals surface area contributed by atoms with Gasteiger partial charge in [0, 0.05) is 24.8 Å². The molecular formula is C18H31N3. The lowest BCUT2D eigenvalue weighted by Crippen LogP contribution is -2.58. The molecule has 0 aromatic carbocycles. The van der Waals surface area contributed by atoms with E-state index in [1.165, 1.54) is 25.7 Å².